The minimum Gasteiger partial charge on any atom is -0.355 e. The fourth-order valence-electron chi connectivity index (χ4n) is 2.88. The highest BCUT2D eigenvalue weighted by Gasteiger charge is 2.22. The van der Waals surface area contributed by atoms with Crippen LogP contribution in [0.5, 0.6) is 0 Å². The molecular weight excluding hydrogens is 300 g/mol. The molecule has 2 N–H and O–H groups in total. The van der Waals surface area contributed by atoms with Crippen LogP contribution >= 0.6 is 0 Å². The van der Waals surface area contributed by atoms with Gasteiger partial charge >= 0.3 is 0 Å². The number of aromatic nitrogens is 4. The number of pyridine rings is 2. The minimum atomic E-state index is 0.200. The molecule has 120 valence electrons. The molecule has 1 aliphatic heterocycles. The molecule has 0 spiro atoms. The van der Waals surface area contributed by atoms with E-state index in [2.05, 4.69) is 14.9 Å². The van der Waals surface area contributed by atoms with Crippen LogP contribution in [0.15, 0.2) is 55.1 Å². The molecule has 0 radical (unpaired) electrons. The maximum Gasteiger partial charge on any atom is 0.162 e. The Bertz CT molecular complexity index is 764. The molecule has 0 amide bonds. The topological polar surface area (TPSA) is 80.8 Å². The summed E-state index contributed by atoms with van der Waals surface area (Å²) in [5.41, 5.74) is 8.84. The van der Waals surface area contributed by atoms with Crippen molar-refractivity contribution in [1.29, 1.82) is 0 Å². The van der Waals surface area contributed by atoms with Crippen LogP contribution < -0.4 is 10.6 Å². The third kappa shape index (κ3) is 2.96. The Kier molecular flexibility index (Phi) is 3.88. The van der Waals surface area contributed by atoms with Gasteiger partial charge in [-0.15, -0.1) is 0 Å². The van der Waals surface area contributed by atoms with Gasteiger partial charge in [0.2, 0.25) is 0 Å². The monoisotopic (exact) mass is 318 g/mol. The molecule has 3 aromatic heterocycles. The highest BCUT2D eigenvalue weighted by Crippen LogP contribution is 2.27. The Morgan fingerprint density at radius 1 is 1.00 bits per heavy atom. The number of nitrogens with two attached hydrogens (primary N) is 1. The second-order valence-electron chi connectivity index (χ2n) is 5.91. The molecule has 1 fully saturated rings. The van der Waals surface area contributed by atoms with Gasteiger partial charge in [0.15, 0.2) is 5.82 Å². The van der Waals surface area contributed by atoms with Gasteiger partial charge in [0, 0.05) is 61.1 Å². The number of anilines is 1. The summed E-state index contributed by atoms with van der Waals surface area (Å²) in [6.45, 7) is 1.74. The molecule has 1 unspecified atom stereocenters. The zero-order valence-electron chi connectivity index (χ0n) is 13.2. The molecule has 4 rings (SSSR count). The third-order valence-electron chi connectivity index (χ3n) is 4.16. The van der Waals surface area contributed by atoms with Crippen LogP contribution in [0, 0.1) is 0 Å². The van der Waals surface area contributed by atoms with Crippen molar-refractivity contribution in [1.82, 2.24) is 19.9 Å². The lowest BCUT2D eigenvalue weighted by molar-refractivity contribution is 0.751. The SMILES string of the molecule is NC1CCN(c2cc(-c3cccnc3)nc(-c3ccncc3)n2)C1. The zero-order valence-corrected chi connectivity index (χ0v) is 13.2. The lowest BCUT2D eigenvalue weighted by atomic mass is 10.2. The Hall–Kier alpha value is -2.86. The van der Waals surface area contributed by atoms with Crippen molar-refractivity contribution in [3.05, 3.63) is 55.1 Å². The van der Waals surface area contributed by atoms with E-state index in [4.69, 9.17) is 15.7 Å². The maximum atomic E-state index is 6.06. The van der Waals surface area contributed by atoms with Gasteiger partial charge in [-0.3, -0.25) is 9.97 Å². The molecule has 6 heteroatoms. The third-order valence-corrected chi connectivity index (χ3v) is 4.16. The molecule has 1 atom stereocenters. The summed E-state index contributed by atoms with van der Waals surface area (Å²) in [4.78, 5) is 20.0. The zero-order chi connectivity index (χ0) is 16.4. The molecule has 3 aromatic rings. The predicted molar refractivity (Wildman–Crippen MR) is 93.3 cm³/mol. The fourth-order valence-corrected chi connectivity index (χ4v) is 2.88. The molecule has 0 bridgehead atoms. The minimum absolute atomic E-state index is 0.200. The van der Waals surface area contributed by atoms with Crippen LogP contribution in [0.3, 0.4) is 0 Å². The molecule has 4 heterocycles. The Balaban J connectivity index is 1.82. The molecule has 0 aliphatic carbocycles. The largest absolute Gasteiger partial charge is 0.355 e. The van der Waals surface area contributed by atoms with Crippen LogP contribution in [-0.4, -0.2) is 39.1 Å². The molecule has 0 saturated carbocycles. The van der Waals surface area contributed by atoms with Crippen LogP contribution in [0.2, 0.25) is 0 Å². The summed E-state index contributed by atoms with van der Waals surface area (Å²) in [5, 5.41) is 0. The lowest BCUT2D eigenvalue weighted by Crippen LogP contribution is -2.27. The van der Waals surface area contributed by atoms with Gasteiger partial charge in [-0.05, 0) is 30.7 Å². The lowest BCUT2D eigenvalue weighted by Gasteiger charge is -2.18. The van der Waals surface area contributed by atoms with E-state index in [9.17, 15) is 0 Å². The standard InChI is InChI=1S/C18H18N6/c19-15-5-9-24(12-15)17-10-16(14-2-1-6-21-11-14)22-18(23-17)13-3-7-20-8-4-13/h1-4,6-8,10-11,15H,5,9,12,19H2. The van der Waals surface area contributed by atoms with Crippen molar-refractivity contribution in [3.63, 3.8) is 0 Å². The van der Waals surface area contributed by atoms with Crippen molar-refractivity contribution in [2.45, 2.75) is 12.5 Å². The number of hydrogen-bond donors (Lipinski definition) is 1. The molecule has 24 heavy (non-hydrogen) atoms. The van der Waals surface area contributed by atoms with E-state index >= 15 is 0 Å². The highest BCUT2D eigenvalue weighted by atomic mass is 15.2. The first-order valence-electron chi connectivity index (χ1n) is 8.00. The van der Waals surface area contributed by atoms with E-state index in [-0.39, 0.29) is 6.04 Å². The van der Waals surface area contributed by atoms with Gasteiger partial charge in [-0.1, -0.05) is 0 Å². The van der Waals surface area contributed by atoms with Crippen molar-refractivity contribution in [2.24, 2.45) is 5.73 Å². The van der Waals surface area contributed by atoms with Crippen molar-refractivity contribution in [2.75, 3.05) is 18.0 Å². The first-order chi connectivity index (χ1) is 11.8. The van der Waals surface area contributed by atoms with E-state index in [1.54, 1.807) is 18.6 Å². The quantitative estimate of drug-likeness (QED) is 0.797. The Morgan fingerprint density at radius 3 is 2.58 bits per heavy atom. The van der Waals surface area contributed by atoms with E-state index in [0.29, 0.717) is 5.82 Å². The molecule has 6 nitrogen and oxygen atoms in total. The smallest absolute Gasteiger partial charge is 0.162 e. The van der Waals surface area contributed by atoms with Crippen molar-refractivity contribution < 1.29 is 0 Å². The van der Waals surface area contributed by atoms with E-state index in [1.807, 2.05) is 36.5 Å². The summed E-state index contributed by atoms with van der Waals surface area (Å²) < 4.78 is 0. The second-order valence-corrected chi connectivity index (χ2v) is 5.91. The van der Waals surface area contributed by atoms with Gasteiger partial charge in [-0.2, -0.15) is 0 Å². The Labute approximate surface area is 140 Å². The fraction of sp³-hybridized carbons (Fsp3) is 0.222. The van der Waals surface area contributed by atoms with Crippen molar-refractivity contribution in [3.8, 4) is 22.6 Å². The van der Waals surface area contributed by atoms with Gasteiger partial charge in [0.1, 0.15) is 5.82 Å². The van der Waals surface area contributed by atoms with E-state index in [0.717, 1.165) is 42.1 Å². The van der Waals surface area contributed by atoms with Gasteiger partial charge in [-0.25, -0.2) is 9.97 Å². The summed E-state index contributed by atoms with van der Waals surface area (Å²) in [7, 11) is 0. The summed E-state index contributed by atoms with van der Waals surface area (Å²) in [6.07, 6.45) is 8.06. The first kappa shape index (κ1) is 14.7. The average molecular weight is 318 g/mol. The molecule has 1 aliphatic rings. The van der Waals surface area contributed by atoms with E-state index < -0.39 is 0 Å². The maximum absolute atomic E-state index is 6.06. The molecule has 0 aromatic carbocycles. The normalized spacial score (nSPS) is 17.2. The summed E-state index contributed by atoms with van der Waals surface area (Å²) >= 11 is 0. The second kappa shape index (κ2) is 6.33. The Morgan fingerprint density at radius 2 is 1.88 bits per heavy atom. The van der Waals surface area contributed by atoms with Crippen LogP contribution in [-0.2, 0) is 0 Å². The van der Waals surface area contributed by atoms with Gasteiger partial charge < -0.3 is 10.6 Å². The van der Waals surface area contributed by atoms with Crippen LogP contribution in [0.1, 0.15) is 6.42 Å². The van der Waals surface area contributed by atoms with Crippen LogP contribution in [0.4, 0.5) is 5.82 Å². The summed E-state index contributed by atoms with van der Waals surface area (Å²) in [5.74, 6) is 1.60. The van der Waals surface area contributed by atoms with Crippen molar-refractivity contribution >= 4 is 5.82 Å². The number of nitrogens with zero attached hydrogens (tertiary/aromatic N) is 5. The van der Waals surface area contributed by atoms with E-state index in [1.165, 1.54) is 0 Å². The van der Waals surface area contributed by atoms with Gasteiger partial charge in [0.05, 0.1) is 5.69 Å². The van der Waals surface area contributed by atoms with Crippen LogP contribution in [0.25, 0.3) is 22.6 Å². The number of hydrogen-bond acceptors (Lipinski definition) is 6. The average Bonchev–Trinajstić information content (AvgIpc) is 3.09. The first-order valence-corrected chi connectivity index (χ1v) is 8.00. The number of rotatable bonds is 3. The molecular formula is C18H18N6. The predicted octanol–water partition coefficient (Wildman–Crippen LogP) is 2.14. The van der Waals surface area contributed by atoms with Gasteiger partial charge in [0.25, 0.3) is 0 Å². The highest BCUT2D eigenvalue weighted by molar-refractivity contribution is 5.67. The summed E-state index contributed by atoms with van der Waals surface area (Å²) in [6, 6.07) is 9.97. The molecule has 1 saturated heterocycles.